The molecule has 0 bridgehead atoms. The van der Waals surface area contributed by atoms with Gasteiger partial charge in [-0.2, -0.15) is 0 Å². The number of amides is 1. The van der Waals surface area contributed by atoms with Crippen molar-refractivity contribution in [3.05, 3.63) is 99.0 Å². The predicted octanol–water partition coefficient (Wildman–Crippen LogP) is 6.51. The fraction of sp³-hybridized carbons (Fsp3) is 0.214. The third-order valence-electron chi connectivity index (χ3n) is 6.39. The van der Waals surface area contributed by atoms with Gasteiger partial charge in [0, 0.05) is 40.6 Å². The number of ketones is 1. The minimum atomic E-state index is -1.14. The summed E-state index contributed by atoms with van der Waals surface area (Å²) < 4.78 is 28.6. The quantitative estimate of drug-likeness (QED) is 0.214. The maximum absolute atomic E-state index is 14.1. The SMILES string of the molecule is CCN(CC)c1ccc(C2/C(=C(\O)c3ccc(Br)c(C)c3)C(=O)C(=O)N2c2ccc(F)c(F)c2)cc1. The number of anilines is 2. The molecule has 1 aliphatic rings. The Morgan fingerprint density at radius 1 is 0.972 bits per heavy atom. The zero-order valence-electron chi connectivity index (χ0n) is 20.1. The highest BCUT2D eigenvalue weighted by molar-refractivity contribution is 9.10. The highest BCUT2D eigenvalue weighted by Crippen LogP contribution is 2.43. The van der Waals surface area contributed by atoms with E-state index in [4.69, 9.17) is 0 Å². The van der Waals surface area contributed by atoms with Crippen LogP contribution < -0.4 is 9.80 Å². The second-order valence-electron chi connectivity index (χ2n) is 8.50. The molecule has 4 rings (SSSR count). The van der Waals surface area contributed by atoms with Gasteiger partial charge in [-0.3, -0.25) is 14.5 Å². The summed E-state index contributed by atoms with van der Waals surface area (Å²) in [5, 5.41) is 11.3. The molecule has 1 saturated heterocycles. The van der Waals surface area contributed by atoms with E-state index in [9.17, 15) is 23.5 Å². The van der Waals surface area contributed by atoms with Gasteiger partial charge in [0.25, 0.3) is 11.7 Å². The lowest BCUT2D eigenvalue weighted by Crippen LogP contribution is -2.29. The molecule has 3 aromatic rings. The molecular weight excluding hydrogens is 530 g/mol. The van der Waals surface area contributed by atoms with Gasteiger partial charge in [-0.25, -0.2) is 8.78 Å². The first-order valence-electron chi connectivity index (χ1n) is 11.5. The van der Waals surface area contributed by atoms with E-state index in [2.05, 4.69) is 20.8 Å². The number of hydrogen-bond donors (Lipinski definition) is 1. The van der Waals surface area contributed by atoms with Crippen molar-refractivity contribution in [3.8, 4) is 0 Å². The first-order valence-corrected chi connectivity index (χ1v) is 12.3. The van der Waals surface area contributed by atoms with Crippen molar-refractivity contribution in [1.29, 1.82) is 0 Å². The summed E-state index contributed by atoms with van der Waals surface area (Å²) >= 11 is 3.42. The van der Waals surface area contributed by atoms with Gasteiger partial charge >= 0.3 is 0 Å². The Balaban J connectivity index is 1.92. The van der Waals surface area contributed by atoms with E-state index >= 15 is 0 Å². The monoisotopic (exact) mass is 554 g/mol. The summed E-state index contributed by atoms with van der Waals surface area (Å²) in [6, 6.07) is 14.4. The van der Waals surface area contributed by atoms with E-state index in [1.165, 1.54) is 6.07 Å². The molecule has 186 valence electrons. The normalized spacial score (nSPS) is 17.1. The Morgan fingerprint density at radius 3 is 2.22 bits per heavy atom. The van der Waals surface area contributed by atoms with Crippen LogP contribution in [-0.4, -0.2) is 29.9 Å². The average Bonchev–Trinajstić information content (AvgIpc) is 3.13. The van der Waals surface area contributed by atoms with Gasteiger partial charge < -0.3 is 10.0 Å². The molecule has 36 heavy (non-hydrogen) atoms. The number of benzene rings is 3. The van der Waals surface area contributed by atoms with Crippen molar-refractivity contribution in [3.63, 3.8) is 0 Å². The fourth-order valence-electron chi connectivity index (χ4n) is 4.45. The number of aryl methyl sites for hydroxylation is 1. The second kappa shape index (κ2) is 10.2. The Bertz CT molecular complexity index is 1370. The first-order chi connectivity index (χ1) is 17.2. The van der Waals surface area contributed by atoms with Crippen molar-refractivity contribution in [1.82, 2.24) is 0 Å². The molecule has 0 aliphatic carbocycles. The number of halogens is 3. The van der Waals surface area contributed by atoms with Crippen molar-refractivity contribution in [2.24, 2.45) is 0 Å². The molecule has 5 nitrogen and oxygen atoms in total. The molecule has 1 heterocycles. The lowest BCUT2D eigenvalue weighted by atomic mass is 9.94. The highest BCUT2D eigenvalue weighted by atomic mass is 79.9. The minimum Gasteiger partial charge on any atom is -0.507 e. The van der Waals surface area contributed by atoms with Crippen LogP contribution in [0.3, 0.4) is 0 Å². The number of Topliss-reactive ketones (excluding diaryl/α,β-unsaturated/α-hetero) is 1. The van der Waals surface area contributed by atoms with Crippen molar-refractivity contribution in [2.75, 3.05) is 22.9 Å². The van der Waals surface area contributed by atoms with Crippen molar-refractivity contribution >= 4 is 44.8 Å². The van der Waals surface area contributed by atoms with Crippen LogP contribution in [0.5, 0.6) is 0 Å². The van der Waals surface area contributed by atoms with Crippen molar-refractivity contribution < 1.29 is 23.5 Å². The average molecular weight is 555 g/mol. The van der Waals surface area contributed by atoms with E-state index in [0.29, 0.717) is 11.1 Å². The van der Waals surface area contributed by atoms with Crippen LogP contribution in [0.1, 0.15) is 36.6 Å². The molecule has 0 aromatic heterocycles. The van der Waals surface area contributed by atoms with Gasteiger partial charge in [0.2, 0.25) is 0 Å². The maximum Gasteiger partial charge on any atom is 0.300 e. The van der Waals surface area contributed by atoms with Crippen LogP contribution >= 0.6 is 15.9 Å². The summed E-state index contributed by atoms with van der Waals surface area (Å²) in [6.45, 7) is 7.51. The van der Waals surface area contributed by atoms with Gasteiger partial charge in [-0.15, -0.1) is 0 Å². The molecule has 1 N–H and O–H groups in total. The number of aliphatic hydroxyl groups is 1. The molecule has 1 unspecified atom stereocenters. The number of carbonyl (C=O) groups excluding carboxylic acids is 2. The molecule has 1 amide bonds. The molecule has 0 saturated carbocycles. The van der Waals surface area contributed by atoms with E-state index < -0.39 is 29.4 Å². The van der Waals surface area contributed by atoms with E-state index in [0.717, 1.165) is 45.8 Å². The molecular formula is C28H25BrF2N2O3. The van der Waals surface area contributed by atoms with Gasteiger partial charge in [-0.1, -0.05) is 34.1 Å². The summed E-state index contributed by atoms with van der Waals surface area (Å²) in [5.41, 5.74) is 2.59. The molecule has 1 atom stereocenters. The Hall–Kier alpha value is -3.52. The van der Waals surface area contributed by atoms with E-state index in [1.807, 2.05) is 32.9 Å². The summed E-state index contributed by atoms with van der Waals surface area (Å²) in [4.78, 5) is 29.7. The maximum atomic E-state index is 14.1. The first kappa shape index (κ1) is 25.6. The molecule has 1 aliphatic heterocycles. The summed E-state index contributed by atoms with van der Waals surface area (Å²) in [5.74, 6) is -4.40. The largest absolute Gasteiger partial charge is 0.507 e. The molecule has 0 spiro atoms. The minimum absolute atomic E-state index is 0.0138. The van der Waals surface area contributed by atoms with E-state index in [-0.39, 0.29) is 17.0 Å². The summed E-state index contributed by atoms with van der Waals surface area (Å²) in [7, 11) is 0. The highest BCUT2D eigenvalue weighted by Gasteiger charge is 2.47. The lowest BCUT2D eigenvalue weighted by Gasteiger charge is -2.27. The van der Waals surface area contributed by atoms with Crippen LogP contribution in [0.25, 0.3) is 5.76 Å². The number of aliphatic hydroxyl groups excluding tert-OH is 1. The van der Waals surface area contributed by atoms with Gasteiger partial charge in [0.05, 0.1) is 11.6 Å². The predicted molar refractivity (Wildman–Crippen MR) is 140 cm³/mol. The van der Waals surface area contributed by atoms with Crippen LogP contribution in [0, 0.1) is 18.6 Å². The summed E-state index contributed by atoms with van der Waals surface area (Å²) in [6.07, 6.45) is 0. The van der Waals surface area contributed by atoms with Crippen molar-refractivity contribution in [2.45, 2.75) is 26.8 Å². The lowest BCUT2D eigenvalue weighted by molar-refractivity contribution is -0.132. The fourth-order valence-corrected chi connectivity index (χ4v) is 4.70. The van der Waals surface area contributed by atoms with Crippen LogP contribution in [0.2, 0.25) is 0 Å². The smallest absolute Gasteiger partial charge is 0.300 e. The Morgan fingerprint density at radius 2 is 1.64 bits per heavy atom. The Labute approximate surface area is 216 Å². The third kappa shape index (κ3) is 4.53. The number of nitrogens with zero attached hydrogens (tertiary/aromatic N) is 2. The Kier molecular flexibility index (Phi) is 7.26. The molecule has 1 fully saturated rings. The standard InChI is InChI=1S/C28H25BrF2N2O3/c1-4-32(5-2)19-9-6-17(7-10-19)25-24(26(34)18-8-12-21(29)16(3)14-18)27(35)28(36)33(25)20-11-13-22(30)23(31)15-20/h6-15,25,34H,4-5H2,1-3H3/b26-24+. The third-order valence-corrected chi connectivity index (χ3v) is 7.28. The number of carbonyl (C=O) groups is 2. The van der Waals surface area contributed by atoms with Gasteiger partial charge in [-0.05, 0) is 68.3 Å². The van der Waals surface area contributed by atoms with Crippen LogP contribution in [0.4, 0.5) is 20.2 Å². The van der Waals surface area contributed by atoms with Gasteiger partial charge in [0.1, 0.15) is 5.76 Å². The van der Waals surface area contributed by atoms with E-state index in [1.54, 1.807) is 30.3 Å². The topological polar surface area (TPSA) is 60.9 Å². The molecule has 3 aromatic carbocycles. The zero-order valence-corrected chi connectivity index (χ0v) is 21.6. The second-order valence-corrected chi connectivity index (χ2v) is 9.35. The van der Waals surface area contributed by atoms with Crippen LogP contribution in [0.15, 0.2) is 70.7 Å². The van der Waals surface area contributed by atoms with Gasteiger partial charge in [0.15, 0.2) is 11.6 Å². The number of hydrogen-bond acceptors (Lipinski definition) is 4. The molecule has 0 radical (unpaired) electrons. The van der Waals surface area contributed by atoms with Crippen LogP contribution in [-0.2, 0) is 9.59 Å². The zero-order chi connectivity index (χ0) is 26.1. The number of rotatable bonds is 6. The molecule has 8 heteroatoms.